The Morgan fingerprint density at radius 1 is 1.43 bits per heavy atom. The highest BCUT2D eigenvalue weighted by Gasteiger charge is 2.00. The van der Waals surface area contributed by atoms with Crippen molar-refractivity contribution in [1.82, 2.24) is 0 Å². The first-order valence-electron chi connectivity index (χ1n) is 4.11. The summed E-state index contributed by atoms with van der Waals surface area (Å²) in [5, 5.41) is 0. The van der Waals surface area contributed by atoms with Crippen molar-refractivity contribution in [3.05, 3.63) is 35.6 Å². The second kappa shape index (κ2) is 5.65. The van der Waals surface area contributed by atoms with Crippen LogP contribution in [0.2, 0.25) is 0 Å². The SMILES string of the molecule is COC(=O)CSCc1ccc(F)cc1. The van der Waals surface area contributed by atoms with Gasteiger partial charge in [0.1, 0.15) is 5.82 Å². The molecule has 0 bridgehead atoms. The van der Waals surface area contributed by atoms with Gasteiger partial charge in [-0.15, -0.1) is 11.8 Å². The second-order valence-corrected chi connectivity index (χ2v) is 3.68. The third-order valence-corrected chi connectivity index (χ3v) is 2.61. The Morgan fingerprint density at radius 2 is 2.07 bits per heavy atom. The minimum Gasteiger partial charge on any atom is -0.468 e. The van der Waals surface area contributed by atoms with Crippen molar-refractivity contribution in [3.8, 4) is 0 Å². The van der Waals surface area contributed by atoms with Crippen molar-refractivity contribution in [1.29, 1.82) is 0 Å². The number of benzene rings is 1. The molecule has 14 heavy (non-hydrogen) atoms. The van der Waals surface area contributed by atoms with E-state index in [1.165, 1.54) is 31.0 Å². The highest BCUT2D eigenvalue weighted by atomic mass is 32.2. The smallest absolute Gasteiger partial charge is 0.315 e. The minimum absolute atomic E-state index is 0.239. The van der Waals surface area contributed by atoms with Crippen LogP contribution in [0.5, 0.6) is 0 Å². The quantitative estimate of drug-likeness (QED) is 0.719. The second-order valence-electron chi connectivity index (χ2n) is 2.70. The molecule has 0 saturated carbocycles. The standard InChI is InChI=1S/C10H11FO2S/c1-13-10(12)7-14-6-8-2-4-9(11)5-3-8/h2-5H,6-7H2,1H3. The highest BCUT2D eigenvalue weighted by Crippen LogP contribution is 2.12. The first kappa shape index (κ1) is 11.0. The van der Waals surface area contributed by atoms with E-state index in [-0.39, 0.29) is 11.8 Å². The average molecular weight is 214 g/mol. The van der Waals surface area contributed by atoms with Gasteiger partial charge in [-0.3, -0.25) is 4.79 Å². The lowest BCUT2D eigenvalue weighted by atomic mass is 10.2. The number of thioether (sulfide) groups is 1. The predicted octanol–water partition coefficient (Wildman–Crippen LogP) is 2.23. The fourth-order valence-electron chi connectivity index (χ4n) is 0.892. The Hall–Kier alpha value is -1.03. The van der Waals surface area contributed by atoms with E-state index < -0.39 is 0 Å². The van der Waals surface area contributed by atoms with Crippen LogP contribution in [0.25, 0.3) is 0 Å². The molecule has 1 rings (SSSR count). The van der Waals surface area contributed by atoms with Crippen LogP contribution in [0, 0.1) is 5.82 Å². The van der Waals surface area contributed by atoms with Crippen LogP contribution in [0.4, 0.5) is 4.39 Å². The maximum atomic E-state index is 12.5. The molecule has 1 aromatic rings. The zero-order valence-corrected chi connectivity index (χ0v) is 8.64. The Balaban J connectivity index is 2.31. The maximum Gasteiger partial charge on any atom is 0.315 e. The summed E-state index contributed by atoms with van der Waals surface area (Å²) in [6, 6.07) is 6.24. The topological polar surface area (TPSA) is 26.3 Å². The third kappa shape index (κ3) is 3.79. The van der Waals surface area contributed by atoms with Gasteiger partial charge in [-0.2, -0.15) is 0 Å². The van der Waals surface area contributed by atoms with Crippen LogP contribution in [-0.2, 0) is 15.3 Å². The lowest BCUT2D eigenvalue weighted by Gasteiger charge is -2.00. The van der Waals surface area contributed by atoms with E-state index in [0.717, 1.165) is 5.56 Å². The molecule has 2 nitrogen and oxygen atoms in total. The number of carbonyl (C=O) groups is 1. The molecule has 0 aliphatic rings. The monoisotopic (exact) mass is 214 g/mol. The molecule has 0 saturated heterocycles. The summed E-state index contributed by atoms with van der Waals surface area (Å²) in [7, 11) is 1.36. The summed E-state index contributed by atoms with van der Waals surface area (Å²) in [6.07, 6.45) is 0. The molecule has 0 N–H and O–H groups in total. The molecule has 0 aromatic heterocycles. The van der Waals surface area contributed by atoms with Gasteiger partial charge in [0, 0.05) is 5.75 Å². The lowest BCUT2D eigenvalue weighted by Crippen LogP contribution is -2.03. The van der Waals surface area contributed by atoms with E-state index in [1.807, 2.05) is 0 Å². The number of rotatable bonds is 4. The normalized spacial score (nSPS) is 9.86. The first-order valence-corrected chi connectivity index (χ1v) is 5.27. The number of halogens is 1. The Bertz CT molecular complexity index is 297. The molecule has 0 fully saturated rings. The molecule has 0 spiro atoms. The minimum atomic E-state index is -0.244. The predicted molar refractivity (Wildman–Crippen MR) is 54.6 cm³/mol. The van der Waals surface area contributed by atoms with Gasteiger partial charge in [0.15, 0.2) is 0 Å². The van der Waals surface area contributed by atoms with E-state index in [1.54, 1.807) is 12.1 Å². The molecule has 0 aliphatic heterocycles. The van der Waals surface area contributed by atoms with Crippen molar-refractivity contribution < 1.29 is 13.9 Å². The zero-order valence-electron chi connectivity index (χ0n) is 7.83. The van der Waals surface area contributed by atoms with Gasteiger partial charge in [-0.1, -0.05) is 12.1 Å². The van der Waals surface area contributed by atoms with Crippen molar-refractivity contribution in [3.63, 3.8) is 0 Å². The largest absolute Gasteiger partial charge is 0.468 e. The maximum absolute atomic E-state index is 12.5. The first-order chi connectivity index (χ1) is 6.72. The number of hydrogen-bond donors (Lipinski definition) is 0. The van der Waals surface area contributed by atoms with Crippen molar-refractivity contribution in [2.24, 2.45) is 0 Å². The molecule has 0 amide bonds. The van der Waals surface area contributed by atoms with Crippen LogP contribution in [0.15, 0.2) is 24.3 Å². The van der Waals surface area contributed by atoms with Crippen LogP contribution in [0.1, 0.15) is 5.56 Å². The Kier molecular flexibility index (Phi) is 4.46. The van der Waals surface area contributed by atoms with Gasteiger partial charge in [-0.05, 0) is 17.7 Å². The summed E-state index contributed by atoms with van der Waals surface area (Å²) < 4.78 is 17.0. The van der Waals surface area contributed by atoms with Gasteiger partial charge in [-0.25, -0.2) is 4.39 Å². The van der Waals surface area contributed by atoms with E-state index >= 15 is 0 Å². The molecular formula is C10H11FO2S. The van der Waals surface area contributed by atoms with Gasteiger partial charge in [0.05, 0.1) is 12.9 Å². The van der Waals surface area contributed by atoms with Gasteiger partial charge < -0.3 is 4.74 Å². The molecular weight excluding hydrogens is 203 g/mol. The third-order valence-electron chi connectivity index (χ3n) is 1.63. The molecule has 0 aliphatic carbocycles. The van der Waals surface area contributed by atoms with E-state index in [2.05, 4.69) is 4.74 Å². The zero-order chi connectivity index (χ0) is 10.4. The van der Waals surface area contributed by atoms with Crippen molar-refractivity contribution in [2.45, 2.75) is 5.75 Å². The summed E-state index contributed by atoms with van der Waals surface area (Å²) in [5.74, 6) is 0.535. The molecule has 0 atom stereocenters. The van der Waals surface area contributed by atoms with Crippen LogP contribution in [-0.4, -0.2) is 18.8 Å². The molecule has 1 aromatic carbocycles. The van der Waals surface area contributed by atoms with Gasteiger partial charge in [0.25, 0.3) is 0 Å². The van der Waals surface area contributed by atoms with E-state index in [0.29, 0.717) is 11.5 Å². The molecule has 0 radical (unpaired) electrons. The van der Waals surface area contributed by atoms with Gasteiger partial charge in [0.2, 0.25) is 0 Å². The highest BCUT2D eigenvalue weighted by molar-refractivity contribution is 7.99. The number of methoxy groups -OCH3 is 1. The fourth-order valence-corrected chi connectivity index (χ4v) is 1.71. The van der Waals surface area contributed by atoms with Crippen LogP contribution < -0.4 is 0 Å². The number of ether oxygens (including phenoxy) is 1. The number of carbonyl (C=O) groups excluding carboxylic acids is 1. The number of esters is 1. The Labute approximate surface area is 86.5 Å². The van der Waals surface area contributed by atoms with E-state index in [4.69, 9.17) is 0 Å². The summed E-state index contributed by atoms with van der Waals surface area (Å²) in [6.45, 7) is 0. The lowest BCUT2D eigenvalue weighted by molar-refractivity contribution is -0.137. The molecule has 76 valence electrons. The molecule has 0 unspecified atom stereocenters. The van der Waals surface area contributed by atoms with Crippen molar-refractivity contribution in [2.75, 3.05) is 12.9 Å². The molecule has 0 heterocycles. The Morgan fingerprint density at radius 3 is 2.64 bits per heavy atom. The summed E-state index contributed by atoms with van der Waals surface area (Å²) in [5.41, 5.74) is 1.00. The van der Waals surface area contributed by atoms with Crippen LogP contribution >= 0.6 is 11.8 Å². The summed E-state index contributed by atoms with van der Waals surface area (Å²) >= 11 is 1.45. The van der Waals surface area contributed by atoms with Crippen molar-refractivity contribution >= 4 is 17.7 Å². The fraction of sp³-hybridized carbons (Fsp3) is 0.300. The summed E-state index contributed by atoms with van der Waals surface area (Å²) in [4.78, 5) is 10.8. The van der Waals surface area contributed by atoms with E-state index in [9.17, 15) is 9.18 Å². The van der Waals surface area contributed by atoms with Gasteiger partial charge >= 0.3 is 5.97 Å². The average Bonchev–Trinajstić information content (AvgIpc) is 2.21. The van der Waals surface area contributed by atoms with Crippen LogP contribution in [0.3, 0.4) is 0 Å². The molecule has 4 heteroatoms. The number of hydrogen-bond acceptors (Lipinski definition) is 3.